The molecule has 0 spiro atoms. The van der Waals surface area contributed by atoms with E-state index in [2.05, 4.69) is 4.98 Å². The Morgan fingerprint density at radius 3 is 2.74 bits per heavy atom. The number of nitrogens with zero attached hydrogens (tertiary/aromatic N) is 3. The van der Waals surface area contributed by atoms with E-state index in [-0.39, 0.29) is 18.1 Å². The van der Waals surface area contributed by atoms with Gasteiger partial charge >= 0.3 is 0 Å². The molecule has 1 aromatic heterocycles. The Morgan fingerprint density at radius 1 is 1.35 bits per heavy atom. The van der Waals surface area contributed by atoms with Crippen LogP contribution in [0.2, 0.25) is 0 Å². The van der Waals surface area contributed by atoms with Crippen molar-refractivity contribution in [1.82, 2.24) is 14.2 Å². The number of thiazole rings is 1. The third kappa shape index (κ3) is 3.42. The normalized spacial score (nSPS) is 26.6. The van der Waals surface area contributed by atoms with E-state index in [9.17, 15) is 13.2 Å². The van der Waals surface area contributed by atoms with Gasteiger partial charge in [-0.25, -0.2) is 13.4 Å². The Morgan fingerprint density at radius 2 is 2.09 bits per heavy atom. The van der Waals surface area contributed by atoms with Gasteiger partial charge in [-0.2, -0.15) is 4.31 Å². The highest BCUT2D eigenvalue weighted by atomic mass is 32.2. The van der Waals surface area contributed by atoms with E-state index < -0.39 is 10.0 Å². The molecule has 1 aromatic rings. The number of hydrogen-bond acceptors (Lipinski definition) is 6. The van der Waals surface area contributed by atoms with Crippen LogP contribution in [0.1, 0.15) is 28.2 Å². The summed E-state index contributed by atoms with van der Waals surface area (Å²) in [5.74, 6) is -0.0189. The van der Waals surface area contributed by atoms with Crippen molar-refractivity contribution in [3.63, 3.8) is 0 Å². The zero-order valence-electron chi connectivity index (χ0n) is 13.3. The fraction of sp³-hybridized carbons (Fsp3) is 0.714. The maximum absolute atomic E-state index is 12.6. The van der Waals surface area contributed by atoms with Gasteiger partial charge in [0, 0.05) is 19.6 Å². The molecule has 2 saturated heterocycles. The molecule has 0 N–H and O–H groups in total. The molecule has 0 aromatic carbocycles. The van der Waals surface area contributed by atoms with Crippen LogP contribution in [0.25, 0.3) is 0 Å². The number of aryl methyl sites for hydroxylation is 1. The quantitative estimate of drug-likeness (QED) is 0.777. The molecule has 2 atom stereocenters. The van der Waals surface area contributed by atoms with Gasteiger partial charge < -0.3 is 9.64 Å². The number of hydrogen-bond donors (Lipinski definition) is 0. The molecule has 0 radical (unpaired) electrons. The molecule has 2 aliphatic heterocycles. The Balaban J connectivity index is 1.76. The molecule has 9 heteroatoms. The van der Waals surface area contributed by atoms with E-state index in [1.165, 1.54) is 21.9 Å². The van der Waals surface area contributed by atoms with E-state index in [0.29, 0.717) is 44.0 Å². The van der Waals surface area contributed by atoms with Crippen LogP contribution in [0.15, 0.2) is 5.51 Å². The largest absolute Gasteiger partial charge is 0.375 e. The monoisotopic (exact) mass is 359 g/mol. The summed E-state index contributed by atoms with van der Waals surface area (Å²) in [5, 5.41) is 0. The third-order valence-electron chi connectivity index (χ3n) is 4.47. The van der Waals surface area contributed by atoms with Crippen molar-refractivity contribution in [1.29, 1.82) is 0 Å². The molecule has 2 fully saturated rings. The zero-order valence-corrected chi connectivity index (χ0v) is 14.9. The van der Waals surface area contributed by atoms with E-state index >= 15 is 0 Å². The van der Waals surface area contributed by atoms with Gasteiger partial charge in [0.05, 0.1) is 36.2 Å². The number of sulfonamides is 1. The number of fused-ring (bicyclic) bond motifs is 1. The molecule has 0 unspecified atom stereocenters. The predicted molar refractivity (Wildman–Crippen MR) is 87.1 cm³/mol. The van der Waals surface area contributed by atoms with E-state index in [1.807, 2.05) is 6.92 Å². The number of morpholine rings is 1. The first-order chi connectivity index (χ1) is 10.9. The number of aromatic nitrogens is 1. The lowest BCUT2D eigenvalue weighted by Gasteiger charge is -2.38. The average molecular weight is 359 g/mol. The van der Waals surface area contributed by atoms with Crippen molar-refractivity contribution in [3.05, 3.63) is 16.1 Å². The Labute approximate surface area is 140 Å². The molecule has 2 aliphatic rings. The summed E-state index contributed by atoms with van der Waals surface area (Å²) in [5.41, 5.74) is 2.42. The number of carbonyl (C=O) groups excluding carboxylic acids is 1. The van der Waals surface area contributed by atoms with Crippen molar-refractivity contribution < 1.29 is 17.9 Å². The summed E-state index contributed by atoms with van der Waals surface area (Å²) in [4.78, 5) is 19.2. The molecule has 0 aliphatic carbocycles. The summed E-state index contributed by atoms with van der Waals surface area (Å²) >= 11 is 1.35. The van der Waals surface area contributed by atoms with Crippen LogP contribution in [-0.2, 0) is 14.8 Å². The maximum Gasteiger partial charge on any atom is 0.265 e. The predicted octanol–water partition coefficient (Wildman–Crippen LogP) is 0.717. The van der Waals surface area contributed by atoms with Crippen LogP contribution in [0.4, 0.5) is 0 Å². The summed E-state index contributed by atoms with van der Waals surface area (Å²) < 4.78 is 31.3. The Hall–Kier alpha value is -1.03. The van der Waals surface area contributed by atoms with Gasteiger partial charge in [0.1, 0.15) is 4.88 Å². The Kier molecular flexibility index (Phi) is 4.73. The van der Waals surface area contributed by atoms with E-state index in [4.69, 9.17) is 4.74 Å². The molecule has 3 rings (SSSR count). The first kappa shape index (κ1) is 16.8. The van der Waals surface area contributed by atoms with Crippen LogP contribution in [-0.4, -0.2) is 73.2 Å². The third-order valence-corrected chi connectivity index (χ3v) is 6.70. The van der Waals surface area contributed by atoms with Gasteiger partial charge in [0.25, 0.3) is 5.91 Å². The van der Waals surface area contributed by atoms with Gasteiger partial charge in [0.15, 0.2) is 0 Å². The van der Waals surface area contributed by atoms with Crippen molar-refractivity contribution in [2.24, 2.45) is 0 Å². The summed E-state index contributed by atoms with van der Waals surface area (Å²) in [7, 11) is -3.26. The minimum atomic E-state index is -3.26. The lowest BCUT2D eigenvalue weighted by Crippen LogP contribution is -2.53. The maximum atomic E-state index is 12.6. The first-order valence-corrected chi connectivity index (χ1v) is 10.4. The highest BCUT2D eigenvalue weighted by Gasteiger charge is 2.39. The van der Waals surface area contributed by atoms with Crippen molar-refractivity contribution in [2.45, 2.75) is 31.9 Å². The highest BCUT2D eigenvalue weighted by molar-refractivity contribution is 7.88. The molecule has 0 saturated carbocycles. The Bertz CT molecular complexity index is 688. The van der Waals surface area contributed by atoms with Gasteiger partial charge in [0.2, 0.25) is 10.0 Å². The standard InChI is InChI=1S/C14H21N3O4S2/c1-10-13(22-9-15-10)14(18)16-5-3-11-12(4-6-16)21-8-7-17(11)23(2,19)20/h9,11-12H,3-8H2,1-2H3/t11-,12+/m1/s1. The fourth-order valence-corrected chi connectivity index (χ4v) is 5.22. The molecular weight excluding hydrogens is 338 g/mol. The number of amides is 1. The second-order valence-electron chi connectivity index (χ2n) is 5.99. The molecule has 23 heavy (non-hydrogen) atoms. The highest BCUT2D eigenvalue weighted by Crippen LogP contribution is 2.27. The van der Waals surface area contributed by atoms with E-state index in [1.54, 1.807) is 10.4 Å². The van der Waals surface area contributed by atoms with Crippen LogP contribution >= 0.6 is 11.3 Å². The topological polar surface area (TPSA) is 79.8 Å². The van der Waals surface area contributed by atoms with Crippen molar-refractivity contribution >= 4 is 27.3 Å². The lowest BCUT2D eigenvalue weighted by atomic mass is 10.0. The minimum absolute atomic E-state index is 0.0189. The number of likely N-dealkylation sites (tertiary alicyclic amines) is 1. The number of ether oxygens (including phenoxy) is 1. The van der Waals surface area contributed by atoms with Crippen molar-refractivity contribution in [3.8, 4) is 0 Å². The van der Waals surface area contributed by atoms with Crippen molar-refractivity contribution in [2.75, 3.05) is 32.5 Å². The molecular formula is C14H21N3O4S2. The smallest absolute Gasteiger partial charge is 0.265 e. The second-order valence-corrected chi connectivity index (χ2v) is 8.78. The second kappa shape index (κ2) is 6.46. The minimum Gasteiger partial charge on any atom is -0.375 e. The summed E-state index contributed by atoms with van der Waals surface area (Å²) in [6.07, 6.45) is 2.35. The van der Waals surface area contributed by atoms with Crippen LogP contribution in [0.5, 0.6) is 0 Å². The zero-order chi connectivity index (χ0) is 16.6. The molecule has 3 heterocycles. The number of carbonyl (C=O) groups is 1. The van der Waals surface area contributed by atoms with Crippen LogP contribution < -0.4 is 0 Å². The average Bonchev–Trinajstić information content (AvgIpc) is 2.80. The molecule has 7 nitrogen and oxygen atoms in total. The molecule has 0 bridgehead atoms. The van der Waals surface area contributed by atoms with Gasteiger partial charge in [-0.1, -0.05) is 0 Å². The lowest BCUT2D eigenvalue weighted by molar-refractivity contribution is -0.0406. The fourth-order valence-electron chi connectivity index (χ4n) is 3.31. The van der Waals surface area contributed by atoms with Crippen LogP contribution in [0.3, 0.4) is 0 Å². The van der Waals surface area contributed by atoms with Crippen LogP contribution in [0, 0.1) is 6.92 Å². The number of rotatable bonds is 2. The summed E-state index contributed by atoms with van der Waals surface area (Å²) in [6, 6.07) is -0.181. The van der Waals surface area contributed by atoms with Gasteiger partial charge in [-0.15, -0.1) is 11.3 Å². The SMILES string of the molecule is Cc1ncsc1C(=O)N1CC[C@@H]2OCCN(S(C)(=O)=O)[C@@H]2CC1. The van der Waals surface area contributed by atoms with Gasteiger partial charge in [-0.05, 0) is 19.8 Å². The molecule has 1 amide bonds. The molecule has 128 valence electrons. The summed E-state index contributed by atoms with van der Waals surface area (Å²) in [6.45, 7) is 3.75. The van der Waals surface area contributed by atoms with Gasteiger partial charge in [-0.3, -0.25) is 4.79 Å². The first-order valence-electron chi connectivity index (χ1n) is 7.65. The van der Waals surface area contributed by atoms with E-state index in [0.717, 1.165) is 5.69 Å².